The number of hydrogen-bond acceptors (Lipinski definition) is 2. The van der Waals surface area contributed by atoms with Gasteiger partial charge in [-0.3, -0.25) is 4.79 Å². The minimum absolute atomic E-state index is 0.0155. The SMILES string of the molecule is CC(C)(C(=O)Nc1c(F)cc(F)cc1Br)C1CCCNC1. The monoisotopic (exact) mass is 360 g/mol. The molecule has 1 aromatic rings. The molecule has 3 nitrogen and oxygen atoms in total. The molecule has 116 valence electrons. The van der Waals surface area contributed by atoms with Crippen LogP contribution in [0.3, 0.4) is 0 Å². The number of benzene rings is 1. The van der Waals surface area contributed by atoms with Crippen LogP contribution in [0.2, 0.25) is 0 Å². The van der Waals surface area contributed by atoms with Gasteiger partial charge in [-0.15, -0.1) is 0 Å². The maximum absolute atomic E-state index is 13.8. The lowest BCUT2D eigenvalue weighted by Crippen LogP contribution is -2.45. The first-order valence-electron chi connectivity index (χ1n) is 6.99. The molecule has 2 rings (SSSR count). The number of carbonyl (C=O) groups is 1. The van der Waals surface area contributed by atoms with E-state index < -0.39 is 17.0 Å². The van der Waals surface area contributed by atoms with Crippen LogP contribution in [0.5, 0.6) is 0 Å². The van der Waals surface area contributed by atoms with E-state index in [9.17, 15) is 13.6 Å². The van der Waals surface area contributed by atoms with E-state index in [4.69, 9.17) is 0 Å². The molecule has 1 heterocycles. The molecular weight excluding hydrogens is 342 g/mol. The number of halogens is 3. The quantitative estimate of drug-likeness (QED) is 0.862. The zero-order valence-electron chi connectivity index (χ0n) is 12.1. The number of piperidine rings is 1. The largest absolute Gasteiger partial charge is 0.322 e. The molecule has 1 unspecified atom stereocenters. The molecule has 0 saturated carbocycles. The molecular formula is C15H19BrF2N2O. The Morgan fingerprint density at radius 2 is 2.14 bits per heavy atom. The predicted octanol–water partition coefficient (Wildman–Crippen LogP) is 3.69. The molecule has 1 aromatic carbocycles. The Balaban J connectivity index is 2.17. The summed E-state index contributed by atoms with van der Waals surface area (Å²) in [6.07, 6.45) is 1.98. The number of hydrogen-bond donors (Lipinski definition) is 2. The van der Waals surface area contributed by atoms with Gasteiger partial charge in [-0.25, -0.2) is 8.78 Å². The molecule has 21 heavy (non-hydrogen) atoms. The molecule has 0 radical (unpaired) electrons. The molecule has 6 heteroatoms. The Labute approximate surface area is 131 Å². The molecule has 1 fully saturated rings. The first-order chi connectivity index (χ1) is 9.82. The van der Waals surface area contributed by atoms with E-state index in [1.165, 1.54) is 0 Å². The Morgan fingerprint density at radius 3 is 2.71 bits per heavy atom. The van der Waals surface area contributed by atoms with E-state index in [-0.39, 0.29) is 22.0 Å². The first-order valence-corrected chi connectivity index (χ1v) is 7.78. The lowest BCUT2D eigenvalue weighted by molar-refractivity contribution is -0.127. The van der Waals surface area contributed by atoms with E-state index >= 15 is 0 Å². The molecule has 0 aliphatic carbocycles. The third-order valence-electron chi connectivity index (χ3n) is 4.15. The molecule has 1 aliphatic rings. The van der Waals surface area contributed by atoms with Gasteiger partial charge < -0.3 is 10.6 Å². The zero-order valence-corrected chi connectivity index (χ0v) is 13.7. The van der Waals surface area contributed by atoms with Gasteiger partial charge in [-0.1, -0.05) is 13.8 Å². The van der Waals surface area contributed by atoms with Crippen LogP contribution in [0.1, 0.15) is 26.7 Å². The number of amides is 1. The summed E-state index contributed by atoms with van der Waals surface area (Å²) in [4.78, 5) is 12.5. The normalized spacial score (nSPS) is 19.4. The van der Waals surface area contributed by atoms with Crippen molar-refractivity contribution >= 4 is 27.5 Å². The summed E-state index contributed by atoms with van der Waals surface area (Å²) in [6, 6.07) is 1.89. The van der Waals surface area contributed by atoms with Crippen LogP contribution in [0.15, 0.2) is 16.6 Å². The average Bonchev–Trinajstić information content (AvgIpc) is 2.43. The van der Waals surface area contributed by atoms with Crippen molar-refractivity contribution in [3.05, 3.63) is 28.2 Å². The Bertz CT molecular complexity index is 519. The summed E-state index contributed by atoms with van der Waals surface area (Å²) >= 11 is 3.08. The van der Waals surface area contributed by atoms with Crippen molar-refractivity contribution < 1.29 is 13.6 Å². The minimum atomic E-state index is -0.784. The number of rotatable bonds is 3. The average molecular weight is 361 g/mol. The van der Waals surface area contributed by atoms with Crippen molar-refractivity contribution in [2.75, 3.05) is 18.4 Å². The van der Waals surface area contributed by atoms with Gasteiger partial charge in [0.1, 0.15) is 5.82 Å². The highest BCUT2D eigenvalue weighted by atomic mass is 79.9. The lowest BCUT2D eigenvalue weighted by Gasteiger charge is -2.36. The molecule has 0 bridgehead atoms. The summed E-state index contributed by atoms with van der Waals surface area (Å²) < 4.78 is 27.1. The summed E-state index contributed by atoms with van der Waals surface area (Å²) in [5, 5.41) is 5.87. The summed E-state index contributed by atoms with van der Waals surface area (Å²) in [5.74, 6) is -1.54. The van der Waals surface area contributed by atoms with Crippen molar-refractivity contribution in [1.29, 1.82) is 0 Å². The number of nitrogens with one attached hydrogen (secondary N) is 2. The molecule has 0 spiro atoms. The Kier molecular flexibility index (Phi) is 4.99. The van der Waals surface area contributed by atoms with Crippen LogP contribution < -0.4 is 10.6 Å². The fourth-order valence-electron chi connectivity index (χ4n) is 2.59. The molecule has 2 N–H and O–H groups in total. The van der Waals surface area contributed by atoms with Gasteiger partial charge in [-0.05, 0) is 53.8 Å². The highest BCUT2D eigenvalue weighted by Crippen LogP contribution is 2.35. The lowest BCUT2D eigenvalue weighted by atomic mass is 9.74. The van der Waals surface area contributed by atoms with Crippen molar-refractivity contribution in [2.45, 2.75) is 26.7 Å². The van der Waals surface area contributed by atoms with Crippen LogP contribution in [0.25, 0.3) is 0 Å². The van der Waals surface area contributed by atoms with Gasteiger partial charge in [0.2, 0.25) is 5.91 Å². The molecule has 1 amide bonds. The van der Waals surface area contributed by atoms with E-state index in [1.807, 2.05) is 13.8 Å². The van der Waals surface area contributed by atoms with Gasteiger partial charge in [0, 0.05) is 16.0 Å². The topological polar surface area (TPSA) is 41.1 Å². The van der Waals surface area contributed by atoms with Gasteiger partial charge in [0.25, 0.3) is 0 Å². The van der Waals surface area contributed by atoms with Crippen LogP contribution in [0.4, 0.5) is 14.5 Å². The van der Waals surface area contributed by atoms with Crippen LogP contribution >= 0.6 is 15.9 Å². The maximum atomic E-state index is 13.8. The second kappa shape index (κ2) is 6.40. The first kappa shape index (κ1) is 16.4. The molecule has 1 aliphatic heterocycles. The van der Waals surface area contributed by atoms with Crippen LogP contribution in [-0.4, -0.2) is 19.0 Å². The van der Waals surface area contributed by atoms with Gasteiger partial charge in [-0.2, -0.15) is 0 Å². The third kappa shape index (κ3) is 3.61. The fraction of sp³-hybridized carbons (Fsp3) is 0.533. The Hall–Kier alpha value is -1.01. The highest BCUT2D eigenvalue weighted by Gasteiger charge is 2.37. The smallest absolute Gasteiger partial charge is 0.230 e. The van der Waals surface area contributed by atoms with Crippen molar-refractivity contribution in [3.63, 3.8) is 0 Å². The molecule has 0 aromatic heterocycles. The van der Waals surface area contributed by atoms with Gasteiger partial charge in [0.05, 0.1) is 5.69 Å². The van der Waals surface area contributed by atoms with E-state index in [0.717, 1.165) is 38.1 Å². The minimum Gasteiger partial charge on any atom is -0.322 e. The predicted molar refractivity (Wildman–Crippen MR) is 82.1 cm³/mol. The van der Waals surface area contributed by atoms with Crippen LogP contribution in [0, 0.1) is 23.0 Å². The molecule has 1 atom stereocenters. The van der Waals surface area contributed by atoms with E-state index in [0.29, 0.717) is 0 Å². The highest BCUT2D eigenvalue weighted by molar-refractivity contribution is 9.10. The van der Waals surface area contributed by atoms with Gasteiger partial charge in [0.15, 0.2) is 5.82 Å². The van der Waals surface area contributed by atoms with E-state index in [1.54, 1.807) is 0 Å². The summed E-state index contributed by atoms with van der Waals surface area (Å²) in [5.41, 5.74) is -0.647. The summed E-state index contributed by atoms with van der Waals surface area (Å²) in [7, 11) is 0. The number of anilines is 1. The van der Waals surface area contributed by atoms with Crippen LogP contribution in [-0.2, 0) is 4.79 Å². The molecule has 1 saturated heterocycles. The Morgan fingerprint density at radius 1 is 1.43 bits per heavy atom. The maximum Gasteiger partial charge on any atom is 0.230 e. The number of carbonyl (C=O) groups excluding carboxylic acids is 1. The van der Waals surface area contributed by atoms with E-state index in [2.05, 4.69) is 26.6 Å². The third-order valence-corrected chi connectivity index (χ3v) is 4.77. The second-order valence-electron chi connectivity index (χ2n) is 5.96. The van der Waals surface area contributed by atoms with Crippen molar-refractivity contribution in [2.24, 2.45) is 11.3 Å². The van der Waals surface area contributed by atoms with Crippen molar-refractivity contribution in [3.8, 4) is 0 Å². The standard InChI is InChI=1S/C15H19BrF2N2O/c1-15(2,9-4-3-5-19-8-9)14(21)20-13-11(16)6-10(17)7-12(13)18/h6-7,9,19H,3-5,8H2,1-2H3,(H,20,21). The second-order valence-corrected chi connectivity index (χ2v) is 6.82. The zero-order chi connectivity index (χ0) is 15.6. The fourth-order valence-corrected chi connectivity index (χ4v) is 3.10. The summed E-state index contributed by atoms with van der Waals surface area (Å²) in [6.45, 7) is 5.45. The van der Waals surface area contributed by atoms with Crippen molar-refractivity contribution in [1.82, 2.24) is 5.32 Å². The van der Waals surface area contributed by atoms with Gasteiger partial charge >= 0.3 is 0 Å².